The minimum Gasteiger partial charge on any atom is -0.416 e. The van der Waals surface area contributed by atoms with Gasteiger partial charge in [-0.15, -0.1) is 0 Å². The van der Waals surface area contributed by atoms with Crippen LogP contribution in [0, 0.1) is 0 Å². The predicted octanol–water partition coefficient (Wildman–Crippen LogP) is 2.62. The van der Waals surface area contributed by atoms with Gasteiger partial charge in [0.15, 0.2) is 16.6 Å². The van der Waals surface area contributed by atoms with Gasteiger partial charge in [0.05, 0.1) is 0 Å². The number of nitrogens with two attached hydrogens (primary N) is 1. The maximum absolute atomic E-state index is 6.27. The topological polar surface area (TPSA) is 53.7 Å². The van der Waals surface area contributed by atoms with Crippen molar-refractivity contribution in [2.24, 2.45) is 5.73 Å². The second-order valence-electron chi connectivity index (χ2n) is 6.21. The molecule has 0 saturated heterocycles. The Balaban J connectivity index is 4.87. The Morgan fingerprint density at radius 3 is 1.53 bits per heavy atom. The average Bonchev–Trinajstić information content (AvgIpc) is 2.09. The Morgan fingerprint density at radius 2 is 1.29 bits per heavy atom. The van der Waals surface area contributed by atoms with Crippen LogP contribution in [0.5, 0.6) is 0 Å². The summed E-state index contributed by atoms with van der Waals surface area (Å²) in [6.45, 7) is 13.7. The number of hydrogen-bond acceptors (Lipinski definition) is 4. The second kappa shape index (κ2) is 6.60. The van der Waals surface area contributed by atoms with E-state index < -0.39 is 25.4 Å². The van der Waals surface area contributed by atoms with E-state index in [1.54, 1.807) is 7.11 Å². The highest BCUT2D eigenvalue weighted by Crippen LogP contribution is 2.25. The molecule has 0 bridgehead atoms. The molecule has 0 amide bonds. The van der Waals surface area contributed by atoms with Crippen LogP contribution < -0.4 is 5.73 Å². The van der Waals surface area contributed by atoms with E-state index in [9.17, 15) is 0 Å². The molecule has 0 spiro atoms. The summed E-state index contributed by atoms with van der Waals surface area (Å²) < 4.78 is 18.2. The molecule has 0 aromatic carbocycles. The normalized spacial score (nSPS) is 14.1. The van der Waals surface area contributed by atoms with Crippen molar-refractivity contribution in [3.05, 3.63) is 0 Å². The van der Waals surface area contributed by atoms with E-state index in [4.69, 9.17) is 18.4 Å². The van der Waals surface area contributed by atoms with Crippen molar-refractivity contribution in [2.75, 3.05) is 13.7 Å². The van der Waals surface area contributed by atoms with E-state index in [0.29, 0.717) is 6.54 Å². The molecule has 0 saturated carbocycles. The van der Waals surface area contributed by atoms with Gasteiger partial charge < -0.3 is 18.4 Å². The fraction of sp³-hybridized carbons (Fsp3) is 1.00. The molecular weight excluding hydrogens is 266 g/mol. The maximum atomic E-state index is 6.27. The summed E-state index contributed by atoms with van der Waals surface area (Å²) in [5.41, 5.74) is 5.60. The molecule has 0 heterocycles. The lowest BCUT2D eigenvalue weighted by Crippen LogP contribution is -2.56. The first-order valence-electron chi connectivity index (χ1n) is 6.19. The van der Waals surface area contributed by atoms with Crippen LogP contribution in [0.2, 0.25) is 45.3 Å². The zero-order valence-electron chi connectivity index (χ0n) is 12.4. The van der Waals surface area contributed by atoms with E-state index >= 15 is 0 Å². The molecule has 0 aliphatic heterocycles. The first kappa shape index (κ1) is 17.5. The van der Waals surface area contributed by atoms with Crippen LogP contribution in [0.15, 0.2) is 0 Å². The summed E-state index contributed by atoms with van der Waals surface area (Å²) in [6, 6.07) is 0.828. The van der Waals surface area contributed by atoms with E-state index in [-0.39, 0.29) is 0 Å². The molecule has 0 aromatic rings. The van der Waals surface area contributed by atoms with Gasteiger partial charge in [0, 0.05) is 13.2 Å². The zero-order valence-corrected chi connectivity index (χ0v) is 15.4. The number of rotatable bonds is 8. The van der Waals surface area contributed by atoms with Crippen LogP contribution in [-0.2, 0) is 12.7 Å². The Hall–Kier alpha value is 0.491. The third-order valence-corrected chi connectivity index (χ3v) is 10.9. The van der Waals surface area contributed by atoms with Crippen molar-refractivity contribution < 1.29 is 12.7 Å². The lowest BCUT2D eigenvalue weighted by molar-refractivity contribution is 0.198. The van der Waals surface area contributed by atoms with Crippen molar-refractivity contribution in [3.63, 3.8) is 0 Å². The molecular formula is C10H29NO3Si3. The van der Waals surface area contributed by atoms with Crippen LogP contribution in [0.1, 0.15) is 6.42 Å². The van der Waals surface area contributed by atoms with Gasteiger partial charge in [-0.05, 0) is 52.2 Å². The van der Waals surface area contributed by atoms with Gasteiger partial charge in [-0.25, -0.2) is 0 Å². The second-order valence-corrected chi connectivity index (χ2v) is 18.6. The third-order valence-electron chi connectivity index (χ3n) is 1.92. The minimum atomic E-state index is -2.52. The summed E-state index contributed by atoms with van der Waals surface area (Å²) in [7, 11) is -4.15. The van der Waals surface area contributed by atoms with Crippen LogP contribution in [-0.4, -0.2) is 39.1 Å². The fourth-order valence-corrected chi connectivity index (χ4v) is 11.9. The van der Waals surface area contributed by atoms with Crippen LogP contribution in [0.4, 0.5) is 0 Å². The molecule has 0 aliphatic rings. The Kier molecular flexibility index (Phi) is 6.79. The smallest absolute Gasteiger partial charge is 0.416 e. The van der Waals surface area contributed by atoms with E-state index in [1.807, 2.05) is 0 Å². The molecule has 104 valence electrons. The fourth-order valence-electron chi connectivity index (χ4n) is 1.56. The van der Waals surface area contributed by atoms with E-state index in [2.05, 4.69) is 39.3 Å². The van der Waals surface area contributed by atoms with Crippen molar-refractivity contribution in [1.29, 1.82) is 0 Å². The Bertz CT molecular complexity index is 210. The van der Waals surface area contributed by atoms with E-state index in [0.717, 1.165) is 12.5 Å². The standard InChI is InChI=1S/C10H29NO3Si3/c1-12-17(10-8-9-11,13-15(2,3)4)14-16(5,6)7/h8-11H2,1-7H3. The van der Waals surface area contributed by atoms with Gasteiger partial charge in [-0.2, -0.15) is 0 Å². The van der Waals surface area contributed by atoms with Crippen molar-refractivity contribution in [1.82, 2.24) is 0 Å². The predicted molar refractivity (Wildman–Crippen MR) is 80.1 cm³/mol. The summed E-state index contributed by atoms with van der Waals surface area (Å²) in [6.07, 6.45) is 0.898. The van der Waals surface area contributed by atoms with Crippen molar-refractivity contribution in [2.45, 2.75) is 51.7 Å². The lowest BCUT2D eigenvalue weighted by atomic mass is 10.5. The molecule has 0 radical (unpaired) electrons. The van der Waals surface area contributed by atoms with Gasteiger partial charge in [-0.3, -0.25) is 0 Å². The SMILES string of the molecule is CO[Si](CCCN)(O[Si](C)(C)C)O[Si](C)(C)C. The highest BCUT2D eigenvalue weighted by atomic mass is 28.5. The summed E-state index contributed by atoms with van der Waals surface area (Å²) >= 11 is 0. The molecule has 0 atom stereocenters. The molecule has 4 nitrogen and oxygen atoms in total. The van der Waals surface area contributed by atoms with E-state index in [1.165, 1.54) is 0 Å². The van der Waals surface area contributed by atoms with Gasteiger partial charge in [0.2, 0.25) is 0 Å². The Labute approximate surface area is 109 Å². The molecule has 0 aromatic heterocycles. The molecule has 0 rings (SSSR count). The summed E-state index contributed by atoms with van der Waals surface area (Å²) in [5, 5.41) is 0. The van der Waals surface area contributed by atoms with Gasteiger partial charge in [0.25, 0.3) is 0 Å². The monoisotopic (exact) mass is 295 g/mol. The molecule has 0 unspecified atom stereocenters. The van der Waals surface area contributed by atoms with Gasteiger partial charge in [-0.1, -0.05) is 0 Å². The van der Waals surface area contributed by atoms with Gasteiger partial charge >= 0.3 is 8.80 Å². The largest absolute Gasteiger partial charge is 0.479 e. The number of hydrogen-bond donors (Lipinski definition) is 1. The lowest BCUT2D eigenvalue weighted by Gasteiger charge is -2.38. The first-order valence-corrected chi connectivity index (χ1v) is 14.9. The first-order chi connectivity index (χ1) is 7.54. The summed E-state index contributed by atoms with van der Waals surface area (Å²) in [5.74, 6) is 0. The molecule has 0 aliphatic carbocycles. The minimum absolute atomic E-state index is 0.655. The third kappa shape index (κ3) is 8.25. The molecule has 2 N–H and O–H groups in total. The molecule has 7 heteroatoms. The maximum Gasteiger partial charge on any atom is 0.479 e. The van der Waals surface area contributed by atoms with Crippen LogP contribution in [0.25, 0.3) is 0 Å². The average molecular weight is 296 g/mol. The van der Waals surface area contributed by atoms with Crippen LogP contribution in [0.3, 0.4) is 0 Å². The van der Waals surface area contributed by atoms with Crippen LogP contribution >= 0.6 is 0 Å². The molecule has 17 heavy (non-hydrogen) atoms. The quantitative estimate of drug-likeness (QED) is 0.699. The zero-order chi connectivity index (χ0) is 13.7. The van der Waals surface area contributed by atoms with Crippen molar-refractivity contribution in [3.8, 4) is 0 Å². The molecule has 0 fully saturated rings. The van der Waals surface area contributed by atoms with Gasteiger partial charge in [0.1, 0.15) is 0 Å². The highest BCUT2D eigenvalue weighted by Gasteiger charge is 2.46. The Morgan fingerprint density at radius 1 is 0.882 bits per heavy atom. The highest BCUT2D eigenvalue weighted by molar-refractivity contribution is 6.85. The summed E-state index contributed by atoms with van der Waals surface area (Å²) in [4.78, 5) is 0. The van der Waals surface area contributed by atoms with Crippen molar-refractivity contribution >= 4 is 25.4 Å².